The molecule has 0 spiro atoms. The van der Waals surface area contributed by atoms with Crippen LogP contribution in [0.15, 0.2) is 18.2 Å². The van der Waals surface area contributed by atoms with Gasteiger partial charge < -0.3 is 16.2 Å². The Balaban J connectivity index is 2.45. The SMILES string of the molecule is Nc1ccc(NC(=O)CCCC(=O)O)cc1Cl. The smallest absolute Gasteiger partial charge is 0.303 e. The lowest BCUT2D eigenvalue weighted by Gasteiger charge is -2.06. The van der Waals surface area contributed by atoms with Crippen LogP contribution in [-0.2, 0) is 9.59 Å². The first-order chi connectivity index (χ1) is 7.99. The molecule has 1 amide bonds. The Morgan fingerprint density at radius 3 is 2.65 bits per heavy atom. The third-order valence-corrected chi connectivity index (χ3v) is 2.41. The number of aliphatic carboxylic acids is 1. The summed E-state index contributed by atoms with van der Waals surface area (Å²) in [5.74, 6) is -1.15. The highest BCUT2D eigenvalue weighted by atomic mass is 35.5. The van der Waals surface area contributed by atoms with Gasteiger partial charge in [-0.25, -0.2) is 0 Å². The average molecular weight is 257 g/mol. The monoisotopic (exact) mass is 256 g/mol. The van der Waals surface area contributed by atoms with E-state index in [1.165, 1.54) is 0 Å². The molecule has 0 bridgehead atoms. The quantitative estimate of drug-likeness (QED) is 0.704. The van der Waals surface area contributed by atoms with Crippen LogP contribution in [0.2, 0.25) is 5.02 Å². The van der Waals surface area contributed by atoms with Crippen molar-refractivity contribution < 1.29 is 14.7 Å². The topological polar surface area (TPSA) is 92.4 Å². The second-order valence-electron chi connectivity index (χ2n) is 3.53. The number of rotatable bonds is 5. The number of nitrogen functional groups attached to an aromatic ring is 1. The summed E-state index contributed by atoms with van der Waals surface area (Å²) in [5.41, 5.74) is 6.51. The molecule has 0 saturated heterocycles. The first-order valence-corrected chi connectivity index (χ1v) is 5.43. The summed E-state index contributed by atoms with van der Waals surface area (Å²) < 4.78 is 0. The predicted octanol–water partition coefficient (Wildman–Crippen LogP) is 2.12. The fourth-order valence-electron chi connectivity index (χ4n) is 1.23. The number of amides is 1. The number of benzene rings is 1. The minimum Gasteiger partial charge on any atom is -0.481 e. The van der Waals surface area contributed by atoms with Gasteiger partial charge in [0.2, 0.25) is 5.91 Å². The number of carbonyl (C=O) groups excluding carboxylic acids is 1. The summed E-state index contributed by atoms with van der Waals surface area (Å²) in [6, 6.07) is 4.78. The van der Waals surface area contributed by atoms with Crippen LogP contribution in [-0.4, -0.2) is 17.0 Å². The number of nitrogens with two attached hydrogens (primary N) is 1. The molecule has 0 fully saturated rings. The number of anilines is 2. The van der Waals surface area contributed by atoms with E-state index in [1.807, 2.05) is 0 Å². The molecule has 1 aromatic carbocycles. The lowest BCUT2D eigenvalue weighted by molar-refractivity contribution is -0.137. The van der Waals surface area contributed by atoms with Crippen molar-refractivity contribution in [2.24, 2.45) is 0 Å². The van der Waals surface area contributed by atoms with Gasteiger partial charge in [-0.2, -0.15) is 0 Å². The highest BCUT2D eigenvalue weighted by Gasteiger charge is 2.05. The van der Waals surface area contributed by atoms with Crippen LogP contribution in [0.5, 0.6) is 0 Å². The maximum Gasteiger partial charge on any atom is 0.303 e. The number of hydrogen-bond acceptors (Lipinski definition) is 3. The van der Waals surface area contributed by atoms with Crippen molar-refractivity contribution in [2.75, 3.05) is 11.1 Å². The van der Waals surface area contributed by atoms with Crippen LogP contribution < -0.4 is 11.1 Å². The van der Waals surface area contributed by atoms with Gasteiger partial charge in [-0.15, -0.1) is 0 Å². The van der Waals surface area contributed by atoms with Gasteiger partial charge in [0.05, 0.1) is 10.7 Å². The van der Waals surface area contributed by atoms with Crippen LogP contribution in [0.3, 0.4) is 0 Å². The minimum atomic E-state index is -0.909. The van der Waals surface area contributed by atoms with E-state index in [2.05, 4.69) is 5.32 Å². The average Bonchev–Trinajstić information content (AvgIpc) is 2.23. The van der Waals surface area contributed by atoms with Gasteiger partial charge in [-0.3, -0.25) is 9.59 Å². The van der Waals surface area contributed by atoms with E-state index in [-0.39, 0.29) is 18.7 Å². The molecule has 0 unspecified atom stereocenters. The molecule has 92 valence electrons. The third kappa shape index (κ3) is 4.74. The highest BCUT2D eigenvalue weighted by molar-refractivity contribution is 6.33. The summed E-state index contributed by atoms with van der Waals surface area (Å²) in [6.07, 6.45) is 0.452. The van der Waals surface area contributed by atoms with E-state index in [0.29, 0.717) is 22.8 Å². The Morgan fingerprint density at radius 2 is 2.06 bits per heavy atom. The summed E-state index contributed by atoms with van der Waals surface area (Å²) in [4.78, 5) is 21.7. The van der Waals surface area contributed by atoms with E-state index < -0.39 is 5.97 Å². The van der Waals surface area contributed by atoms with Gasteiger partial charge in [-0.1, -0.05) is 11.6 Å². The molecule has 1 rings (SSSR count). The Morgan fingerprint density at radius 1 is 1.35 bits per heavy atom. The molecule has 6 heteroatoms. The molecular weight excluding hydrogens is 244 g/mol. The van der Waals surface area contributed by atoms with E-state index in [0.717, 1.165) is 0 Å². The van der Waals surface area contributed by atoms with Crippen molar-refractivity contribution in [2.45, 2.75) is 19.3 Å². The highest BCUT2D eigenvalue weighted by Crippen LogP contribution is 2.22. The zero-order chi connectivity index (χ0) is 12.8. The van der Waals surface area contributed by atoms with Crippen molar-refractivity contribution in [3.8, 4) is 0 Å². The normalized spacial score (nSPS) is 9.94. The van der Waals surface area contributed by atoms with Gasteiger partial charge in [0.15, 0.2) is 0 Å². The summed E-state index contributed by atoms with van der Waals surface area (Å²) in [5, 5.41) is 11.4. The first-order valence-electron chi connectivity index (χ1n) is 5.05. The Kier molecular flexibility index (Phi) is 4.78. The summed E-state index contributed by atoms with van der Waals surface area (Å²) in [7, 11) is 0. The number of carboxylic acid groups (broad SMARTS) is 1. The maximum atomic E-state index is 11.4. The van der Waals surface area contributed by atoms with Crippen molar-refractivity contribution in [1.29, 1.82) is 0 Å². The van der Waals surface area contributed by atoms with Crippen molar-refractivity contribution in [3.63, 3.8) is 0 Å². The lowest BCUT2D eigenvalue weighted by atomic mass is 10.2. The molecule has 0 aliphatic heterocycles. The van der Waals surface area contributed by atoms with Gasteiger partial charge in [-0.05, 0) is 24.6 Å². The molecule has 0 heterocycles. The molecule has 0 aromatic heterocycles. The molecule has 4 N–H and O–H groups in total. The Bertz CT molecular complexity index is 435. The van der Waals surface area contributed by atoms with Crippen molar-refractivity contribution >= 4 is 34.9 Å². The second kappa shape index (κ2) is 6.10. The second-order valence-corrected chi connectivity index (χ2v) is 3.94. The number of carbonyl (C=O) groups is 2. The molecular formula is C11H13ClN2O3. The molecule has 5 nitrogen and oxygen atoms in total. The number of hydrogen-bond donors (Lipinski definition) is 3. The molecule has 0 saturated carbocycles. The largest absolute Gasteiger partial charge is 0.481 e. The van der Waals surface area contributed by atoms with E-state index in [9.17, 15) is 9.59 Å². The predicted molar refractivity (Wildman–Crippen MR) is 66.0 cm³/mol. The minimum absolute atomic E-state index is 0.0179. The van der Waals surface area contributed by atoms with Gasteiger partial charge in [0, 0.05) is 18.5 Å². The molecule has 0 radical (unpaired) electrons. The lowest BCUT2D eigenvalue weighted by Crippen LogP contribution is -2.11. The van der Waals surface area contributed by atoms with Crippen LogP contribution >= 0.6 is 11.6 Å². The van der Waals surface area contributed by atoms with Crippen LogP contribution in [0.4, 0.5) is 11.4 Å². The molecule has 0 aliphatic carbocycles. The molecule has 0 aliphatic rings. The fourth-order valence-corrected chi connectivity index (χ4v) is 1.41. The fraction of sp³-hybridized carbons (Fsp3) is 0.273. The van der Waals surface area contributed by atoms with Crippen molar-refractivity contribution in [3.05, 3.63) is 23.2 Å². The standard InChI is InChI=1S/C11H13ClN2O3/c12-8-6-7(4-5-9(8)13)14-10(15)2-1-3-11(16)17/h4-6H,1-3,13H2,(H,14,15)(H,16,17). The van der Waals surface area contributed by atoms with Crippen LogP contribution in [0, 0.1) is 0 Å². The van der Waals surface area contributed by atoms with Crippen LogP contribution in [0.1, 0.15) is 19.3 Å². The van der Waals surface area contributed by atoms with E-state index in [1.54, 1.807) is 18.2 Å². The molecule has 17 heavy (non-hydrogen) atoms. The van der Waals surface area contributed by atoms with Gasteiger partial charge in [0.25, 0.3) is 0 Å². The first kappa shape index (κ1) is 13.3. The van der Waals surface area contributed by atoms with Crippen molar-refractivity contribution in [1.82, 2.24) is 0 Å². The zero-order valence-corrected chi connectivity index (χ0v) is 9.83. The molecule has 1 aromatic rings. The van der Waals surface area contributed by atoms with Crippen LogP contribution in [0.25, 0.3) is 0 Å². The Hall–Kier alpha value is -1.75. The number of nitrogens with one attached hydrogen (secondary N) is 1. The van der Waals surface area contributed by atoms with Gasteiger partial charge >= 0.3 is 5.97 Å². The third-order valence-electron chi connectivity index (χ3n) is 2.08. The number of halogens is 1. The number of carboxylic acids is 1. The summed E-state index contributed by atoms with van der Waals surface area (Å²) >= 11 is 5.79. The Labute approximate surface area is 104 Å². The van der Waals surface area contributed by atoms with E-state index in [4.69, 9.17) is 22.4 Å². The zero-order valence-electron chi connectivity index (χ0n) is 9.07. The maximum absolute atomic E-state index is 11.4. The van der Waals surface area contributed by atoms with E-state index >= 15 is 0 Å². The van der Waals surface area contributed by atoms with Gasteiger partial charge in [0.1, 0.15) is 0 Å². The summed E-state index contributed by atoms with van der Waals surface area (Å²) in [6.45, 7) is 0. The molecule has 0 atom stereocenters.